The number of thiol groups is 1. The summed E-state index contributed by atoms with van der Waals surface area (Å²) in [6.45, 7) is 0.878. The lowest BCUT2D eigenvalue weighted by atomic mass is 9.97. The van der Waals surface area contributed by atoms with Gasteiger partial charge in [-0.05, 0) is 17.7 Å². The molecule has 0 aliphatic rings. The zero-order valence-corrected chi connectivity index (χ0v) is 34.3. The summed E-state index contributed by atoms with van der Waals surface area (Å²) in [7, 11) is 0. The number of aromatic amines is 1. The maximum absolute atomic E-state index is 14.1. The van der Waals surface area contributed by atoms with Crippen LogP contribution in [0.15, 0.2) is 24.4 Å². The lowest BCUT2D eigenvalue weighted by molar-refractivity contribution is -0.156. The van der Waals surface area contributed by atoms with Gasteiger partial charge in [0, 0.05) is 42.6 Å². The van der Waals surface area contributed by atoms with Crippen LogP contribution < -0.4 is 31.9 Å². The average molecular weight is 940 g/mol. The molecular weight excluding hydrogens is 898 g/mol. The number of carboxylic acids is 7. The third-order valence-corrected chi connectivity index (χ3v) is 9.26. The van der Waals surface area contributed by atoms with Crippen molar-refractivity contribution in [2.45, 2.75) is 75.3 Å². The Kier molecular flexibility index (Phi) is 19.5. The van der Waals surface area contributed by atoms with Crippen LogP contribution in [0, 0.1) is 5.92 Å². The lowest BCUT2D eigenvalue weighted by Crippen LogP contribution is -2.60. The predicted molar refractivity (Wildman–Crippen MR) is 213 cm³/mol. The smallest absolute Gasteiger partial charge is 0.374 e. The quantitative estimate of drug-likeness (QED) is 0.0228. The molecule has 65 heavy (non-hydrogen) atoms. The van der Waals surface area contributed by atoms with Crippen LogP contribution in [-0.2, 0) is 68.7 Å². The molecule has 2 rings (SSSR count). The molecule has 0 bridgehead atoms. The highest BCUT2D eigenvalue weighted by Gasteiger charge is 2.38. The summed E-state index contributed by atoms with van der Waals surface area (Å²) < 4.78 is 0. The highest BCUT2D eigenvalue weighted by atomic mass is 32.1. The van der Waals surface area contributed by atoms with Crippen LogP contribution in [0.5, 0.6) is 0 Å². The number of carbonyl (C=O) groups is 14. The normalized spacial score (nSPS) is 13.6. The van der Waals surface area contributed by atoms with Gasteiger partial charge in [-0.2, -0.15) is 12.6 Å². The first-order chi connectivity index (χ1) is 30.3. The van der Waals surface area contributed by atoms with E-state index in [1.165, 1.54) is 18.3 Å². The largest absolute Gasteiger partial charge is 0.481 e. The average Bonchev–Trinajstić information content (AvgIpc) is 3.61. The van der Waals surface area contributed by atoms with E-state index in [1.54, 1.807) is 0 Å². The number of benzene rings is 1. The molecule has 0 unspecified atom stereocenters. The van der Waals surface area contributed by atoms with Gasteiger partial charge >= 0.3 is 41.8 Å². The minimum Gasteiger partial charge on any atom is -0.481 e. The van der Waals surface area contributed by atoms with Gasteiger partial charge in [0.05, 0.1) is 24.8 Å². The SMILES string of the molecule is CC(=O)N[C@@H](CC(=O)O)C(=O)N[C@H](CC(C(=O)O)C(=O)O)C(=O)N[C@@H](Cc1c[nH]c2cccc(C(=O)O)c12)C(=O)N[C@@H](CC(=O)O)C(=O)N[C@@H](CC(=O)O)C(=O)N[C@@H](CS)C(=O)C(=O)O. The number of ketones is 1. The number of carboxylic acid groups (broad SMARTS) is 7. The summed E-state index contributed by atoms with van der Waals surface area (Å²) in [4.78, 5) is 176. The molecule has 0 saturated heterocycles. The topological polar surface area (TPSA) is 469 Å². The van der Waals surface area contributed by atoms with Crippen LogP contribution in [0.2, 0.25) is 0 Å². The van der Waals surface area contributed by atoms with Crippen molar-refractivity contribution in [3.8, 4) is 0 Å². The number of hydrogen-bond donors (Lipinski definition) is 15. The molecule has 29 heteroatoms. The summed E-state index contributed by atoms with van der Waals surface area (Å²) >= 11 is 3.76. The predicted octanol–water partition coefficient (Wildman–Crippen LogP) is -4.48. The number of fused-ring (bicyclic) bond motifs is 1. The molecule has 6 atom stereocenters. The summed E-state index contributed by atoms with van der Waals surface area (Å²) in [6, 6.07) is -8.84. The minimum atomic E-state index is -2.48. The molecule has 1 aromatic heterocycles. The van der Waals surface area contributed by atoms with E-state index in [2.05, 4.69) is 22.9 Å². The number of amides is 6. The highest BCUT2D eigenvalue weighted by Crippen LogP contribution is 2.24. The molecule has 0 fully saturated rings. The van der Waals surface area contributed by atoms with Crippen molar-refractivity contribution in [2.24, 2.45) is 5.92 Å². The van der Waals surface area contributed by atoms with E-state index in [4.69, 9.17) is 5.11 Å². The Morgan fingerprint density at radius 2 is 0.985 bits per heavy atom. The third-order valence-electron chi connectivity index (χ3n) is 8.90. The Morgan fingerprint density at radius 1 is 0.569 bits per heavy atom. The Bertz CT molecular complexity index is 2250. The van der Waals surface area contributed by atoms with Gasteiger partial charge in [-0.1, -0.05) is 6.07 Å². The van der Waals surface area contributed by atoms with E-state index in [9.17, 15) is 97.8 Å². The van der Waals surface area contributed by atoms with E-state index in [0.29, 0.717) is 0 Å². The number of Topliss-reactive ketones (excluding diaryl/α,β-unsaturated/α-hetero) is 1. The van der Waals surface area contributed by atoms with Crippen LogP contribution in [0.1, 0.15) is 48.5 Å². The van der Waals surface area contributed by atoms with E-state index < -0.39 is 163 Å². The Hall–Kier alpha value is -8.11. The molecule has 6 amide bonds. The Labute approximate surface area is 368 Å². The van der Waals surface area contributed by atoms with Crippen LogP contribution in [0.4, 0.5) is 0 Å². The molecule has 0 saturated carbocycles. The molecule has 1 heterocycles. The monoisotopic (exact) mass is 939 g/mol. The molecule has 0 spiro atoms. The first-order valence-electron chi connectivity index (χ1n) is 18.4. The molecule has 352 valence electrons. The van der Waals surface area contributed by atoms with E-state index >= 15 is 0 Å². The van der Waals surface area contributed by atoms with Crippen molar-refractivity contribution in [3.05, 3.63) is 35.5 Å². The number of aliphatic carboxylic acids is 6. The van der Waals surface area contributed by atoms with E-state index in [0.717, 1.165) is 13.0 Å². The first-order valence-corrected chi connectivity index (χ1v) is 19.0. The molecule has 0 aliphatic carbocycles. The number of aromatic nitrogens is 1. The minimum absolute atomic E-state index is 0.0659. The van der Waals surface area contributed by atoms with Crippen molar-refractivity contribution in [1.29, 1.82) is 0 Å². The number of rotatable bonds is 27. The second-order valence-corrected chi connectivity index (χ2v) is 14.1. The maximum atomic E-state index is 14.1. The summed E-state index contributed by atoms with van der Waals surface area (Å²) in [5.74, 6) is -26.2. The van der Waals surface area contributed by atoms with Gasteiger partial charge in [0.2, 0.25) is 35.4 Å². The van der Waals surface area contributed by atoms with Crippen LogP contribution >= 0.6 is 12.6 Å². The van der Waals surface area contributed by atoms with Gasteiger partial charge in [-0.25, -0.2) is 9.59 Å². The fourth-order valence-electron chi connectivity index (χ4n) is 5.90. The first kappa shape index (κ1) is 53.0. The van der Waals surface area contributed by atoms with Gasteiger partial charge < -0.3 is 72.6 Å². The van der Waals surface area contributed by atoms with Crippen molar-refractivity contribution in [1.82, 2.24) is 36.9 Å². The molecule has 1 aromatic carbocycles. The van der Waals surface area contributed by atoms with Gasteiger partial charge in [-0.3, -0.25) is 57.5 Å². The fourth-order valence-corrected chi connectivity index (χ4v) is 6.16. The van der Waals surface area contributed by atoms with E-state index in [-0.39, 0.29) is 22.0 Å². The fraction of sp³-hybridized carbons (Fsp3) is 0.389. The highest BCUT2D eigenvalue weighted by molar-refractivity contribution is 7.80. The van der Waals surface area contributed by atoms with Gasteiger partial charge in [-0.15, -0.1) is 0 Å². The van der Waals surface area contributed by atoms with Crippen LogP contribution in [0.3, 0.4) is 0 Å². The molecule has 2 aromatic rings. The standard InChI is InChI=1S/C36H41N7O21S/c1-12(44)38-19(7-23(45)46)30(54)40-18(6-15(34(59)60)35(61)62)29(53)39-17(5-13-10-37-16-4-2-3-14(26(13)16)33(57)58)28(52)41-20(8-24(47)48)31(55)42-21(9-25(49)50)32(56)43-22(11-65)27(51)36(63)64/h2-4,10,15,17-22,37,65H,5-9,11H2,1H3,(H,38,44)(H,39,53)(H,40,54)(H,41,52)(H,42,55)(H,43,56)(H,45,46)(H,47,48)(H,49,50)(H,57,58)(H,59,60)(H,61,62)(H,63,64)/t17-,18+,19-,20-,21-,22-/m0/s1. The number of carbonyl (C=O) groups excluding carboxylic acids is 7. The second-order valence-electron chi connectivity index (χ2n) is 13.7. The number of H-pyrrole nitrogens is 1. The lowest BCUT2D eigenvalue weighted by Gasteiger charge is -2.27. The van der Waals surface area contributed by atoms with Crippen molar-refractivity contribution in [2.75, 3.05) is 5.75 Å². The summed E-state index contributed by atoms with van der Waals surface area (Å²) in [5.41, 5.74) is -0.286. The molecule has 14 N–H and O–H groups in total. The molecular formula is C36H41N7O21S. The van der Waals surface area contributed by atoms with Crippen molar-refractivity contribution >= 4 is 107 Å². The summed E-state index contributed by atoms with van der Waals surface area (Å²) in [5, 5.41) is 78.0. The van der Waals surface area contributed by atoms with Crippen LogP contribution in [0.25, 0.3) is 10.9 Å². The van der Waals surface area contributed by atoms with Crippen molar-refractivity contribution < 1.29 is 103 Å². The molecule has 0 aliphatic heterocycles. The van der Waals surface area contributed by atoms with E-state index in [1.807, 2.05) is 26.6 Å². The molecule has 0 radical (unpaired) electrons. The Balaban J connectivity index is 2.71. The maximum Gasteiger partial charge on any atom is 0.374 e. The number of aromatic carboxylic acids is 1. The number of hydrogen-bond acceptors (Lipinski definition) is 15. The third kappa shape index (κ3) is 15.9. The van der Waals surface area contributed by atoms with Crippen LogP contribution in [-0.4, -0.2) is 166 Å². The van der Waals surface area contributed by atoms with Crippen molar-refractivity contribution in [3.63, 3.8) is 0 Å². The second kappa shape index (κ2) is 23.9. The molecule has 28 nitrogen and oxygen atoms in total. The van der Waals surface area contributed by atoms with Gasteiger partial charge in [0.25, 0.3) is 5.78 Å². The summed E-state index contributed by atoms with van der Waals surface area (Å²) in [6.07, 6.45) is -4.68. The Morgan fingerprint density at radius 3 is 1.40 bits per heavy atom. The zero-order chi connectivity index (χ0) is 49.5. The van der Waals surface area contributed by atoms with Gasteiger partial charge in [0.1, 0.15) is 36.3 Å². The zero-order valence-electron chi connectivity index (χ0n) is 33.4. The van der Waals surface area contributed by atoms with Gasteiger partial charge in [0.15, 0.2) is 5.92 Å². The number of nitrogens with one attached hydrogen (secondary N) is 7.